The Bertz CT molecular complexity index is 1170. The Morgan fingerprint density at radius 3 is 2.81 bits per heavy atom. The van der Waals surface area contributed by atoms with E-state index in [0.717, 1.165) is 10.9 Å². The predicted molar refractivity (Wildman–Crippen MR) is 112 cm³/mol. The van der Waals surface area contributed by atoms with Gasteiger partial charge in [-0.25, -0.2) is 4.68 Å². The minimum absolute atomic E-state index is 0.0231. The molecule has 32 heavy (non-hydrogen) atoms. The molecule has 1 aromatic heterocycles. The topological polar surface area (TPSA) is 88.4 Å². The number of fused-ring (bicyclic) bond motifs is 1. The molecule has 2 atom stereocenters. The molecular weight excluding hydrogens is 449 g/mol. The highest BCUT2D eigenvalue weighted by Gasteiger charge is 2.47. The Balaban J connectivity index is 1.71. The van der Waals surface area contributed by atoms with Crippen molar-refractivity contribution >= 4 is 29.0 Å². The monoisotopic (exact) mass is 466 g/mol. The summed E-state index contributed by atoms with van der Waals surface area (Å²) < 4.78 is 47.5. The van der Waals surface area contributed by atoms with Crippen LogP contribution in [0.2, 0.25) is 5.02 Å². The van der Waals surface area contributed by atoms with Crippen molar-refractivity contribution in [3.05, 3.63) is 64.8 Å². The number of phenols is 1. The predicted octanol–water partition coefficient (Wildman–Crippen LogP) is 5.16. The molecule has 0 aliphatic carbocycles. The standard InChI is InChI=1S/C21H18ClF3N4O3/c1-32-13-4-2-3-11(7-13)15-9-18(21(23,24)25)29-19(27-15)14(10-26-29)20(31)28-16-8-12(22)5-6-17(16)30/h2-8,10,15,18,27,30H,9H2,1H3,(H,28,31)/t15-,18-/m0/s1. The van der Waals surface area contributed by atoms with Gasteiger partial charge in [-0.15, -0.1) is 0 Å². The molecule has 3 N–H and O–H groups in total. The van der Waals surface area contributed by atoms with Crippen LogP contribution in [0.5, 0.6) is 11.5 Å². The largest absolute Gasteiger partial charge is 0.506 e. The molecule has 11 heteroatoms. The highest BCUT2D eigenvalue weighted by molar-refractivity contribution is 6.31. The van der Waals surface area contributed by atoms with Gasteiger partial charge in [0, 0.05) is 11.4 Å². The fraction of sp³-hybridized carbons (Fsp3) is 0.238. The van der Waals surface area contributed by atoms with E-state index in [1.807, 2.05) is 0 Å². The van der Waals surface area contributed by atoms with Crippen molar-refractivity contribution in [3.63, 3.8) is 0 Å². The lowest BCUT2D eigenvalue weighted by Gasteiger charge is -2.34. The lowest BCUT2D eigenvalue weighted by Crippen LogP contribution is -2.36. The first-order chi connectivity index (χ1) is 15.2. The van der Waals surface area contributed by atoms with Crippen molar-refractivity contribution in [2.45, 2.75) is 24.7 Å². The number of amides is 1. The van der Waals surface area contributed by atoms with Crippen LogP contribution in [0, 0.1) is 0 Å². The van der Waals surface area contributed by atoms with Crippen molar-refractivity contribution < 1.29 is 27.8 Å². The van der Waals surface area contributed by atoms with Crippen molar-refractivity contribution in [2.24, 2.45) is 0 Å². The van der Waals surface area contributed by atoms with Gasteiger partial charge in [-0.05, 0) is 35.9 Å². The molecule has 0 fully saturated rings. The number of hydrogen-bond donors (Lipinski definition) is 3. The first-order valence-corrected chi connectivity index (χ1v) is 9.89. The molecule has 0 spiro atoms. The Kier molecular flexibility index (Phi) is 5.64. The van der Waals surface area contributed by atoms with E-state index in [1.54, 1.807) is 24.3 Å². The lowest BCUT2D eigenvalue weighted by molar-refractivity contribution is -0.173. The van der Waals surface area contributed by atoms with Crippen LogP contribution in [0.3, 0.4) is 0 Å². The van der Waals surface area contributed by atoms with Crippen LogP contribution in [0.25, 0.3) is 0 Å². The third-order valence-corrected chi connectivity index (χ3v) is 5.42. The van der Waals surface area contributed by atoms with E-state index in [2.05, 4.69) is 15.7 Å². The van der Waals surface area contributed by atoms with Crippen molar-refractivity contribution in [2.75, 3.05) is 17.7 Å². The summed E-state index contributed by atoms with van der Waals surface area (Å²) in [7, 11) is 1.47. The second-order valence-electron chi connectivity index (χ2n) is 7.23. The van der Waals surface area contributed by atoms with Gasteiger partial charge in [0.05, 0.1) is 25.0 Å². The number of rotatable bonds is 4. The number of hydrogen-bond acceptors (Lipinski definition) is 5. The van der Waals surface area contributed by atoms with E-state index < -0.39 is 24.2 Å². The number of anilines is 2. The van der Waals surface area contributed by atoms with Gasteiger partial charge in [0.15, 0.2) is 6.04 Å². The molecule has 2 aromatic carbocycles. The second kappa shape index (κ2) is 8.27. The zero-order chi connectivity index (χ0) is 23.0. The molecule has 1 aliphatic rings. The fourth-order valence-corrected chi connectivity index (χ4v) is 3.78. The Morgan fingerprint density at radius 1 is 1.31 bits per heavy atom. The van der Waals surface area contributed by atoms with Gasteiger partial charge >= 0.3 is 6.18 Å². The van der Waals surface area contributed by atoms with Crippen LogP contribution in [-0.2, 0) is 0 Å². The summed E-state index contributed by atoms with van der Waals surface area (Å²) in [6.07, 6.45) is -3.84. The van der Waals surface area contributed by atoms with E-state index in [0.29, 0.717) is 11.3 Å². The number of aromatic hydroxyl groups is 1. The Hall–Kier alpha value is -3.40. The number of nitrogens with zero attached hydrogens (tertiary/aromatic N) is 2. The summed E-state index contributed by atoms with van der Waals surface area (Å²) in [6, 6.07) is 8.07. The fourth-order valence-electron chi connectivity index (χ4n) is 3.60. The van der Waals surface area contributed by atoms with Gasteiger partial charge in [-0.1, -0.05) is 23.7 Å². The van der Waals surface area contributed by atoms with Gasteiger partial charge in [0.25, 0.3) is 5.91 Å². The first kappa shape index (κ1) is 21.8. The number of halogens is 4. The average molecular weight is 467 g/mol. The molecule has 3 aromatic rings. The van der Waals surface area contributed by atoms with E-state index in [9.17, 15) is 23.1 Å². The Labute approximate surface area is 185 Å². The smallest absolute Gasteiger partial charge is 0.410 e. The maximum atomic E-state index is 13.8. The number of phenolic OH excluding ortho intramolecular Hbond substituents is 1. The highest BCUT2D eigenvalue weighted by Crippen LogP contribution is 2.44. The van der Waals surface area contributed by atoms with Gasteiger partial charge in [-0.2, -0.15) is 18.3 Å². The summed E-state index contributed by atoms with van der Waals surface area (Å²) >= 11 is 5.90. The molecule has 4 rings (SSSR count). The third-order valence-electron chi connectivity index (χ3n) is 5.19. The number of alkyl halides is 3. The van der Waals surface area contributed by atoms with E-state index in [-0.39, 0.29) is 34.3 Å². The normalized spacial score (nSPS) is 17.9. The van der Waals surface area contributed by atoms with Crippen LogP contribution < -0.4 is 15.4 Å². The second-order valence-corrected chi connectivity index (χ2v) is 7.67. The molecule has 0 saturated heterocycles. The summed E-state index contributed by atoms with van der Waals surface area (Å²) in [5.74, 6) is -0.561. The number of aromatic nitrogens is 2. The average Bonchev–Trinajstić information content (AvgIpc) is 3.19. The van der Waals surface area contributed by atoms with Crippen LogP contribution in [0.15, 0.2) is 48.7 Å². The molecule has 1 aliphatic heterocycles. The van der Waals surface area contributed by atoms with Gasteiger partial charge in [-0.3, -0.25) is 4.79 Å². The minimum atomic E-state index is -4.58. The molecule has 1 amide bonds. The highest BCUT2D eigenvalue weighted by atomic mass is 35.5. The van der Waals surface area contributed by atoms with Crippen LogP contribution in [0.4, 0.5) is 24.7 Å². The maximum absolute atomic E-state index is 13.8. The summed E-state index contributed by atoms with van der Waals surface area (Å²) in [5.41, 5.74) is 0.492. The van der Waals surface area contributed by atoms with Crippen LogP contribution >= 0.6 is 11.6 Å². The van der Waals surface area contributed by atoms with Gasteiger partial charge in [0.2, 0.25) is 0 Å². The molecule has 0 radical (unpaired) electrons. The zero-order valence-corrected chi connectivity index (χ0v) is 17.4. The van der Waals surface area contributed by atoms with Crippen molar-refractivity contribution in [1.82, 2.24) is 9.78 Å². The Morgan fingerprint density at radius 2 is 2.09 bits per heavy atom. The van der Waals surface area contributed by atoms with E-state index in [4.69, 9.17) is 16.3 Å². The zero-order valence-electron chi connectivity index (χ0n) is 16.7. The summed E-state index contributed by atoms with van der Waals surface area (Å²) in [4.78, 5) is 12.9. The van der Waals surface area contributed by atoms with Gasteiger partial charge in [0.1, 0.15) is 22.9 Å². The lowest BCUT2D eigenvalue weighted by atomic mass is 9.96. The molecule has 168 valence electrons. The van der Waals surface area contributed by atoms with Crippen LogP contribution in [0.1, 0.15) is 34.4 Å². The van der Waals surface area contributed by atoms with Gasteiger partial charge < -0.3 is 20.5 Å². The number of ether oxygens (including phenoxy) is 1. The summed E-state index contributed by atoms with van der Waals surface area (Å²) in [5, 5.41) is 19.5. The number of carbonyl (C=O) groups is 1. The minimum Gasteiger partial charge on any atom is -0.506 e. The molecular formula is C21H18ClF3N4O3. The quantitative estimate of drug-likeness (QED) is 0.462. The molecule has 7 nitrogen and oxygen atoms in total. The number of benzene rings is 2. The first-order valence-electron chi connectivity index (χ1n) is 9.52. The molecule has 2 heterocycles. The van der Waals surface area contributed by atoms with Crippen molar-refractivity contribution in [3.8, 4) is 11.5 Å². The van der Waals surface area contributed by atoms with E-state index >= 15 is 0 Å². The number of carbonyl (C=O) groups excluding carboxylic acids is 1. The van der Waals surface area contributed by atoms with E-state index in [1.165, 1.54) is 25.3 Å². The molecule has 0 unspecified atom stereocenters. The number of methoxy groups -OCH3 is 1. The van der Waals surface area contributed by atoms with Crippen molar-refractivity contribution in [1.29, 1.82) is 0 Å². The maximum Gasteiger partial charge on any atom is 0.410 e. The van der Waals surface area contributed by atoms with Crippen LogP contribution in [-0.4, -0.2) is 34.1 Å². The third kappa shape index (κ3) is 4.18. The molecule has 0 saturated carbocycles. The summed E-state index contributed by atoms with van der Waals surface area (Å²) in [6.45, 7) is 0. The SMILES string of the molecule is COc1cccc([C@@H]2C[C@@H](C(F)(F)F)n3ncc(C(=O)Nc4cc(Cl)ccc4O)c3N2)c1. The number of nitrogens with one attached hydrogen (secondary N) is 2. The molecule has 0 bridgehead atoms.